The Balaban J connectivity index is 3.18. The maximum absolute atomic E-state index is 13.9. The maximum Gasteiger partial charge on any atom is 0.460 e. The van der Waals surface area contributed by atoms with Crippen LogP contribution < -0.4 is 0 Å². The largest absolute Gasteiger partial charge is 0.460 e. The molecule has 0 bridgehead atoms. The highest BCUT2D eigenvalue weighted by Crippen LogP contribution is 2.55. The molecule has 0 radical (unpaired) electrons. The van der Waals surface area contributed by atoms with Crippen LogP contribution in [0.5, 0.6) is 0 Å². The molecule has 1 rings (SSSR count). The topological polar surface area (TPSA) is 9.23 Å². The van der Waals surface area contributed by atoms with Crippen LogP contribution in [0.2, 0.25) is 0 Å². The Morgan fingerprint density at radius 3 is 1.89 bits per heavy atom. The second-order valence-electron chi connectivity index (χ2n) is 6.62. The summed E-state index contributed by atoms with van der Waals surface area (Å²) in [5, 5.41) is 0. The molecule has 0 fully saturated rings. The lowest BCUT2D eigenvalue weighted by Crippen LogP contribution is -2.61. The smallest absolute Gasteiger partial charge is 0.377 e. The summed E-state index contributed by atoms with van der Waals surface area (Å²) in [5.41, 5.74) is 0.627. The summed E-state index contributed by atoms with van der Waals surface area (Å²) >= 11 is 0. The predicted octanol–water partition coefficient (Wildman–Crippen LogP) is 6.43. The lowest BCUT2D eigenvalue weighted by molar-refractivity contribution is -0.398. The highest BCUT2D eigenvalue weighted by atomic mass is 19.4. The van der Waals surface area contributed by atoms with Gasteiger partial charge in [0.2, 0.25) is 0 Å². The van der Waals surface area contributed by atoms with E-state index < -0.39 is 36.5 Å². The zero-order valence-electron chi connectivity index (χ0n) is 14.7. The SMILES string of the molecule is COC(CC(F)(F)C(F)(F)C(F)(F)C(F)(F)F)c1cccc(CC(C)C)c1. The molecule has 0 N–H and O–H groups in total. The normalized spacial score (nSPS) is 15.3. The van der Waals surface area contributed by atoms with E-state index in [0.717, 1.165) is 7.11 Å². The molecule has 0 aliphatic rings. The van der Waals surface area contributed by atoms with Gasteiger partial charge in [0, 0.05) is 13.5 Å². The van der Waals surface area contributed by atoms with E-state index in [0.29, 0.717) is 12.0 Å². The van der Waals surface area contributed by atoms with Gasteiger partial charge in [0.05, 0.1) is 6.10 Å². The van der Waals surface area contributed by atoms with E-state index in [1.165, 1.54) is 18.2 Å². The average molecular weight is 410 g/mol. The summed E-state index contributed by atoms with van der Waals surface area (Å²) in [7, 11) is 0.871. The van der Waals surface area contributed by atoms with Gasteiger partial charge in [-0.3, -0.25) is 0 Å². The number of halogens is 9. The van der Waals surface area contributed by atoms with Crippen LogP contribution in [0, 0.1) is 5.92 Å². The number of ether oxygens (including phenoxy) is 1. The van der Waals surface area contributed by atoms with Crippen molar-refractivity contribution in [1.82, 2.24) is 0 Å². The first-order valence-electron chi connectivity index (χ1n) is 7.88. The summed E-state index contributed by atoms with van der Waals surface area (Å²) < 4.78 is 122. The van der Waals surface area contributed by atoms with Crippen molar-refractivity contribution in [1.29, 1.82) is 0 Å². The second kappa shape index (κ2) is 7.89. The zero-order chi connectivity index (χ0) is 21.3. The molecule has 0 saturated carbocycles. The molecule has 1 nitrogen and oxygen atoms in total. The highest BCUT2D eigenvalue weighted by Gasteiger charge is 2.81. The van der Waals surface area contributed by atoms with E-state index in [4.69, 9.17) is 0 Å². The van der Waals surface area contributed by atoms with Gasteiger partial charge in [-0.2, -0.15) is 39.5 Å². The van der Waals surface area contributed by atoms with Gasteiger partial charge in [0.1, 0.15) is 0 Å². The molecule has 0 aliphatic carbocycles. The van der Waals surface area contributed by atoms with Gasteiger partial charge in [-0.15, -0.1) is 0 Å². The molecule has 1 atom stereocenters. The molecular weight excluding hydrogens is 391 g/mol. The first kappa shape index (κ1) is 23.6. The Morgan fingerprint density at radius 2 is 1.44 bits per heavy atom. The number of methoxy groups -OCH3 is 1. The summed E-state index contributed by atoms with van der Waals surface area (Å²) in [6.07, 6.45) is -10.2. The fourth-order valence-corrected chi connectivity index (χ4v) is 2.50. The van der Waals surface area contributed by atoms with E-state index in [1.807, 2.05) is 13.8 Å². The van der Waals surface area contributed by atoms with Crippen molar-refractivity contribution in [3.05, 3.63) is 35.4 Å². The quantitative estimate of drug-likeness (QED) is 0.449. The molecule has 1 unspecified atom stereocenters. The van der Waals surface area contributed by atoms with Gasteiger partial charge in [0.25, 0.3) is 0 Å². The van der Waals surface area contributed by atoms with Crippen LogP contribution >= 0.6 is 0 Å². The highest BCUT2D eigenvalue weighted by molar-refractivity contribution is 5.26. The first-order chi connectivity index (χ1) is 12.1. The van der Waals surface area contributed by atoms with Crippen molar-refractivity contribution < 1.29 is 44.3 Å². The van der Waals surface area contributed by atoms with Crippen LogP contribution in [-0.2, 0) is 11.2 Å². The summed E-state index contributed by atoms with van der Waals surface area (Å²) in [6.45, 7) is 3.74. The molecule has 10 heteroatoms. The molecule has 0 saturated heterocycles. The number of alkyl halides is 9. The molecule has 0 aromatic heterocycles. The molecule has 156 valence electrons. The van der Waals surface area contributed by atoms with Crippen LogP contribution in [0.4, 0.5) is 39.5 Å². The molecule has 1 aromatic rings. The fraction of sp³-hybridized carbons (Fsp3) is 0.647. The van der Waals surface area contributed by atoms with Crippen LogP contribution in [0.3, 0.4) is 0 Å². The van der Waals surface area contributed by atoms with Crippen LogP contribution in [0.25, 0.3) is 0 Å². The van der Waals surface area contributed by atoms with Gasteiger partial charge < -0.3 is 4.74 Å². The third kappa shape index (κ3) is 4.89. The summed E-state index contributed by atoms with van der Waals surface area (Å²) in [5.74, 6) is -19.1. The number of rotatable bonds is 8. The molecule has 1 aromatic carbocycles. The Hall–Kier alpha value is -1.45. The van der Waals surface area contributed by atoms with Crippen molar-refractivity contribution in [3.8, 4) is 0 Å². The summed E-state index contributed by atoms with van der Waals surface area (Å²) in [4.78, 5) is 0. The molecule has 0 spiro atoms. The van der Waals surface area contributed by atoms with E-state index in [-0.39, 0.29) is 11.5 Å². The van der Waals surface area contributed by atoms with Crippen molar-refractivity contribution in [2.75, 3.05) is 7.11 Å². The molecule has 0 aliphatic heterocycles. The predicted molar refractivity (Wildman–Crippen MR) is 80.2 cm³/mol. The van der Waals surface area contributed by atoms with Crippen molar-refractivity contribution in [2.45, 2.75) is 56.7 Å². The molecule has 27 heavy (non-hydrogen) atoms. The minimum absolute atomic E-state index is 0.0264. The van der Waals surface area contributed by atoms with E-state index >= 15 is 0 Å². The van der Waals surface area contributed by atoms with Gasteiger partial charge in [0.15, 0.2) is 0 Å². The third-order valence-corrected chi connectivity index (χ3v) is 3.90. The van der Waals surface area contributed by atoms with Gasteiger partial charge in [-0.05, 0) is 23.5 Å². The maximum atomic E-state index is 13.9. The van der Waals surface area contributed by atoms with Gasteiger partial charge >= 0.3 is 23.9 Å². The zero-order valence-corrected chi connectivity index (χ0v) is 14.7. The monoisotopic (exact) mass is 410 g/mol. The third-order valence-electron chi connectivity index (χ3n) is 3.90. The minimum atomic E-state index is -6.90. The van der Waals surface area contributed by atoms with Gasteiger partial charge in [-0.1, -0.05) is 38.1 Å². The Bertz CT molecular complexity index is 623. The van der Waals surface area contributed by atoms with E-state index in [2.05, 4.69) is 4.74 Å². The Labute approximate surface area is 150 Å². The lowest BCUT2D eigenvalue weighted by atomic mass is 9.93. The van der Waals surface area contributed by atoms with Crippen LogP contribution in [0.15, 0.2) is 24.3 Å². The second-order valence-corrected chi connectivity index (χ2v) is 6.62. The fourth-order valence-electron chi connectivity index (χ4n) is 2.50. The standard InChI is InChI=1S/C17H19F9O/c1-10(2)7-11-5-4-6-12(8-11)13(27-3)9-14(18,19)15(20,21)16(22,23)17(24,25)26/h4-6,8,10,13H,7,9H2,1-3H3. The lowest BCUT2D eigenvalue weighted by Gasteiger charge is -2.35. The minimum Gasteiger partial charge on any atom is -0.377 e. The van der Waals surface area contributed by atoms with Crippen molar-refractivity contribution in [3.63, 3.8) is 0 Å². The first-order valence-corrected chi connectivity index (χ1v) is 7.88. The average Bonchev–Trinajstić information content (AvgIpc) is 2.50. The number of hydrogen-bond donors (Lipinski definition) is 0. The van der Waals surface area contributed by atoms with Gasteiger partial charge in [-0.25, -0.2) is 0 Å². The van der Waals surface area contributed by atoms with E-state index in [1.54, 1.807) is 6.07 Å². The molecule has 0 amide bonds. The Kier molecular flexibility index (Phi) is 6.89. The molecule has 0 heterocycles. The Morgan fingerprint density at radius 1 is 0.889 bits per heavy atom. The number of hydrogen-bond acceptors (Lipinski definition) is 1. The van der Waals surface area contributed by atoms with Crippen molar-refractivity contribution in [2.24, 2.45) is 5.92 Å². The van der Waals surface area contributed by atoms with E-state index in [9.17, 15) is 39.5 Å². The van der Waals surface area contributed by atoms with Crippen molar-refractivity contribution >= 4 is 0 Å². The number of benzene rings is 1. The molecular formula is C17H19F9O. The van der Waals surface area contributed by atoms with Crippen LogP contribution in [0.1, 0.15) is 37.5 Å². The summed E-state index contributed by atoms with van der Waals surface area (Å²) in [6, 6.07) is 5.68. The van der Waals surface area contributed by atoms with Crippen LogP contribution in [-0.4, -0.2) is 31.1 Å².